The minimum absolute atomic E-state index is 0.462. The van der Waals surface area contributed by atoms with Crippen LogP contribution in [0.1, 0.15) is 5.69 Å². The van der Waals surface area contributed by atoms with Crippen LogP contribution in [-0.2, 0) is 0 Å². The van der Waals surface area contributed by atoms with Crippen LogP contribution in [0.2, 0.25) is 0 Å². The van der Waals surface area contributed by atoms with Crippen molar-refractivity contribution >= 4 is 46.1 Å². The van der Waals surface area contributed by atoms with E-state index in [-0.39, 0.29) is 0 Å². The van der Waals surface area contributed by atoms with Gasteiger partial charge in [0.15, 0.2) is 5.75 Å². The lowest BCUT2D eigenvalue weighted by Gasteiger charge is -2.12. The van der Waals surface area contributed by atoms with Crippen molar-refractivity contribution in [1.29, 1.82) is 0 Å². The van der Waals surface area contributed by atoms with E-state index in [2.05, 4.69) is 49.7 Å². The number of ether oxygens (including phenoxy) is 1. The predicted octanol–water partition coefficient (Wildman–Crippen LogP) is 3.66. The number of benzene rings is 1. The first kappa shape index (κ1) is 14.2. The molecule has 20 heavy (non-hydrogen) atoms. The molecule has 0 aliphatic heterocycles. The molecule has 0 fully saturated rings. The van der Waals surface area contributed by atoms with E-state index in [4.69, 9.17) is 4.74 Å². The van der Waals surface area contributed by atoms with Crippen LogP contribution < -0.4 is 4.74 Å². The van der Waals surface area contributed by atoms with Crippen molar-refractivity contribution in [3.63, 3.8) is 0 Å². The number of nitrogens with zero attached hydrogens (tertiary/aromatic N) is 4. The molecular formula is C13H10N4OS2. The molecule has 5 nitrogen and oxygen atoms in total. The number of hydrogen-bond donors (Lipinski definition) is 0. The monoisotopic (exact) mass is 302 g/mol. The van der Waals surface area contributed by atoms with Crippen molar-refractivity contribution in [1.82, 2.24) is 9.55 Å². The molecule has 1 aromatic heterocycles. The summed E-state index contributed by atoms with van der Waals surface area (Å²) in [5.74, 6) is 0.520. The lowest BCUT2D eigenvalue weighted by molar-refractivity contribution is 0.414. The van der Waals surface area contributed by atoms with E-state index in [0.717, 1.165) is 11.4 Å². The fourth-order valence-corrected chi connectivity index (χ4v) is 1.99. The van der Waals surface area contributed by atoms with E-state index in [1.807, 2.05) is 23.8 Å². The van der Waals surface area contributed by atoms with Gasteiger partial charge >= 0.3 is 0 Å². The zero-order chi connectivity index (χ0) is 14.5. The molecule has 2 aromatic rings. The molecule has 1 heterocycles. The van der Waals surface area contributed by atoms with Crippen LogP contribution in [-0.4, -0.2) is 27.0 Å². The molecule has 0 aliphatic carbocycles. The first-order valence-electron chi connectivity index (χ1n) is 5.59. The molecule has 0 amide bonds. The molecule has 2 rings (SSSR count). The van der Waals surface area contributed by atoms with Crippen LogP contribution in [0.4, 0.5) is 11.4 Å². The van der Waals surface area contributed by atoms with Crippen molar-refractivity contribution in [2.24, 2.45) is 9.98 Å². The third kappa shape index (κ3) is 2.71. The van der Waals surface area contributed by atoms with Gasteiger partial charge in [0.1, 0.15) is 11.4 Å². The molecular weight excluding hydrogens is 292 g/mol. The Balaban J connectivity index is 2.74. The summed E-state index contributed by atoms with van der Waals surface area (Å²) in [5.41, 5.74) is 2.66. The smallest absolute Gasteiger partial charge is 0.171 e. The largest absolute Gasteiger partial charge is 0.492 e. The number of rotatable bonds is 4. The maximum Gasteiger partial charge on any atom is 0.171 e. The van der Waals surface area contributed by atoms with E-state index in [1.54, 1.807) is 19.5 Å². The van der Waals surface area contributed by atoms with Crippen LogP contribution in [0.5, 0.6) is 5.75 Å². The average Bonchev–Trinajstić information content (AvgIpc) is 2.87. The third-order valence-electron chi connectivity index (χ3n) is 2.61. The van der Waals surface area contributed by atoms with Gasteiger partial charge < -0.3 is 9.30 Å². The molecule has 1 aromatic carbocycles. The summed E-state index contributed by atoms with van der Waals surface area (Å²) in [6, 6.07) is 3.60. The minimum atomic E-state index is 0.462. The molecule has 0 aliphatic rings. The summed E-state index contributed by atoms with van der Waals surface area (Å²) in [7, 11) is 1.55. The topological polar surface area (TPSA) is 51.8 Å². The summed E-state index contributed by atoms with van der Waals surface area (Å²) in [5, 5.41) is 4.63. The van der Waals surface area contributed by atoms with Gasteiger partial charge in [0.05, 0.1) is 35.1 Å². The highest BCUT2D eigenvalue weighted by molar-refractivity contribution is 7.78. The number of isothiocyanates is 2. The number of methoxy groups -OCH3 is 1. The van der Waals surface area contributed by atoms with Gasteiger partial charge in [-0.25, -0.2) is 4.98 Å². The molecule has 0 unspecified atom stereocenters. The Morgan fingerprint density at radius 2 is 2.00 bits per heavy atom. The molecule has 0 atom stereocenters. The van der Waals surface area contributed by atoms with Gasteiger partial charge in [-0.05, 0) is 43.5 Å². The summed E-state index contributed by atoms with van der Waals surface area (Å²) < 4.78 is 7.26. The SMILES string of the molecule is COc1c(-n2cnc(C)c2)ccc(N=C=S)c1N=C=S. The minimum Gasteiger partial charge on any atom is -0.492 e. The Kier molecular flexibility index (Phi) is 4.50. The lowest BCUT2D eigenvalue weighted by atomic mass is 10.2. The van der Waals surface area contributed by atoms with Crippen molar-refractivity contribution in [2.75, 3.05) is 7.11 Å². The molecule has 0 saturated carbocycles. The van der Waals surface area contributed by atoms with Crippen molar-refractivity contribution in [2.45, 2.75) is 6.92 Å². The van der Waals surface area contributed by atoms with Crippen LogP contribution in [0.25, 0.3) is 5.69 Å². The van der Waals surface area contributed by atoms with Gasteiger partial charge in [-0.2, -0.15) is 9.98 Å². The highest BCUT2D eigenvalue weighted by Gasteiger charge is 2.15. The van der Waals surface area contributed by atoms with Crippen molar-refractivity contribution < 1.29 is 4.74 Å². The number of thiocarbonyl (C=S) groups is 2. The molecule has 0 N–H and O–H groups in total. The van der Waals surface area contributed by atoms with Gasteiger partial charge in [0, 0.05) is 6.20 Å². The number of aryl methyl sites for hydroxylation is 1. The summed E-state index contributed by atoms with van der Waals surface area (Å²) >= 11 is 9.30. The number of imidazole rings is 1. The summed E-state index contributed by atoms with van der Waals surface area (Å²) in [6.07, 6.45) is 3.57. The highest BCUT2D eigenvalue weighted by Crippen LogP contribution is 2.41. The molecule has 100 valence electrons. The van der Waals surface area contributed by atoms with E-state index in [9.17, 15) is 0 Å². The maximum absolute atomic E-state index is 5.43. The van der Waals surface area contributed by atoms with Gasteiger partial charge in [0.2, 0.25) is 0 Å². The molecule has 0 spiro atoms. The maximum atomic E-state index is 5.43. The third-order valence-corrected chi connectivity index (χ3v) is 2.79. The lowest BCUT2D eigenvalue weighted by Crippen LogP contribution is -1.96. The van der Waals surface area contributed by atoms with Crippen LogP contribution in [0.15, 0.2) is 34.6 Å². The second-order valence-corrected chi connectivity index (χ2v) is 4.18. The van der Waals surface area contributed by atoms with Crippen LogP contribution in [0.3, 0.4) is 0 Å². The quantitative estimate of drug-likeness (QED) is 0.639. The standard InChI is InChI=1S/C13H10N4OS2/c1-9-5-17(6-14-9)11-4-3-10(15-7-19)12(16-8-20)13(11)18-2/h3-6H,1-2H3. The van der Waals surface area contributed by atoms with Crippen LogP contribution >= 0.6 is 24.4 Å². The van der Waals surface area contributed by atoms with E-state index in [1.165, 1.54) is 0 Å². The fraction of sp³-hybridized carbons (Fsp3) is 0.154. The zero-order valence-corrected chi connectivity index (χ0v) is 12.5. The molecule has 7 heteroatoms. The Morgan fingerprint density at radius 3 is 2.55 bits per heavy atom. The Hall–Kier alpha value is -2.17. The second kappa shape index (κ2) is 6.32. The van der Waals surface area contributed by atoms with E-state index >= 15 is 0 Å². The zero-order valence-electron chi connectivity index (χ0n) is 10.8. The molecule has 0 bridgehead atoms. The fourth-order valence-electron chi connectivity index (χ4n) is 1.80. The van der Waals surface area contributed by atoms with E-state index < -0.39 is 0 Å². The van der Waals surface area contributed by atoms with Gasteiger partial charge in [-0.3, -0.25) is 0 Å². The Morgan fingerprint density at radius 1 is 1.25 bits per heavy atom. The number of aromatic nitrogens is 2. The number of aliphatic imine (C=N–C) groups is 2. The van der Waals surface area contributed by atoms with Crippen molar-refractivity contribution in [3.05, 3.63) is 30.4 Å². The number of hydrogen-bond acceptors (Lipinski definition) is 6. The first-order valence-corrected chi connectivity index (χ1v) is 6.40. The summed E-state index contributed by atoms with van der Waals surface area (Å²) in [4.78, 5) is 12.2. The van der Waals surface area contributed by atoms with Gasteiger partial charge in [-0.1, -0.05) is 0 Å². The predicted molar refractivity (Wildman–Crippen MR) is 84.2 cm³/mol. The first-order chi connectivity index (χ1) is 9.71. The highest BCUT2D eigenvalue weighted by atomic mass is 32.1. The van der Waals surface area contributed by atoms with Gasteiger partial charge in [-0.15, -0.1) is 0 Å². The van der Waals surface area contributed by atoms with Gasteiger partial charge in [0.25, 0.3) is 0 Å². The normalized spacial score (nSPS) is 9.50. The van der Waals surface area contributed by atoms with Crippen molar-refractivity contribution in [3.8, 4) is 11.4 Å². The second-order valence-electron chi connectivity index (χ2n) is 3.81. The average molecular weight is 302 g/mol. The van der Waals surface area contributed by atoms with E-state index in [0.29, 0.717) is 17.1 Å². The summed E-state index contributed by atoms with van der Waals surface area (Å²) in [6.45, 7) is 1.91. The molecule has 0 radical (unpaired) electrons. The van der Waals surface area contributed by atoms with Crippen LogP contribution in [0, 0.1) is 6.92 Å². The Bertz CT molecular complexity index is 741. The molecule has 0 saturated heterocycles. The Labute approximate surface area is 126 Å².